The molecule has 0 unspecified atom stereocenters. The number of amides is 2. The van der Waals surface area contributed by atoms with E-state index in [1.807, 2.05) is 13.0 Å². The molecule has 2 aliphatic rings. The van der Waals surface area contributed by atoms with Crippen LogP contribution in [0.25, 0.3) is 6.08 Å². The van der Waals surface area contributed by atoms with Crippen LogP contribution in [0.1, 0.15) is 75.5 Å². The number of hydrogen-bond acceptors (Lipinski definition) is 6. The zero-order valence-corrected chi connectivity index (χ0v) is 25.6. The lowest BCUT2D eigenvalue weighted by Crippen LogP contribution is -2.40. The first kappa shape index (κ1) is 35.4. The van der Waals surface area contributed by atoms with E-state index in [0.717, 1.165) is 12.0 Å². The SMILES string of the molecule is CCC/C(=C\c1ccc(CO)o1)CC[C@@H](O)C1=C(C(C)C)C[C@H]2C(=O)N(c3cc(C(F)(F)F)cc(C(F)(F)F)c3)C(=O)[C@H]2[C@H]1CO. The number of allylic oxidation sites excluding steroid dienone is 2. The number of fused-ring (bicyclic) bond motifs is 1. The lowest BCUT2D eigenvalue weighted by atomic mass is 9.66. The van der Waals surface area contributed by atoms with Crippen LogP contribution < -0.4 is 4.90 Å². The number of rotatable bonds is 11. The van der Waals surface area contributed by atoms with Crippen molar-refractivity contribution in [2.24, 2.45) is 23.7 Å². The minimum absolute atomic E-state index is 0.0502. The van der Waals surface area contributed by atoms with Gasteiger partial charge in [0.05, 0.1) is 41.4 Å². The normalized spacial score (nSPS) is 21.9. The van der Waals surface area contributed by atoms with E-state index < -0.39 is 71.4 Å². The predicted octanol–water partition coefficient (Wildman–Crippen LogP) is 6.90. The van der Waals surface area contributed by atoms with Gasteiger partial charge in [0, 0.05) is 5.92 Å². The van der Waals surface area contributed by atoms with Gasteiger partial charge in [-0.15, -0.1) is 0 Å². The number of carbonyl (C=O) groups excluding carboxylic acids is 2. The molecule has 1 aliphatic heterocycles. The van der Waals surface area contributed by atoms with Crippen molar-refractivity contribution < 1.29 is 55.7 Å². The van der Waals surface area contributed by atoms with Crippen molar-refractivity contribution in [2.45, 2.75) is 77.9 Å². The molecule has 0 spiro atoms. The maximum atomic E-state index is 13.8. The molecule has 46 heavy (non-hydrogen) atoms. The fourth-order valence-corrected chi connectivity index (χ4v) is 6.59. The average Bonchev–Trinajstić information content (AvgIpc) is 3.54. The minimum atomic E-state index is -5.19. The Labute approximate surface area is 262 Å². The van der Waals surface area contributed by atoms with Crippen LogP contribution in [0.5, 0.6) is 0 Å². The van der Waals surface area contributed by atoms with Gasteiger partial charge in [-0.3, -0.25) is 9.59 Å². The first-order valence-corrected chi connectivity index (χ1v) is 15.1. The number of aliphatic hydroxyl groups excluding tert-OH is 3. The third-order valence-corrected chi connectivity index (χ3v) is 8.70. The van der Waals surface area contributed by atoms with E-state index in [1.165, 1.54) is 0 Å². The van der Waals surface area contributed by atoms with E-state index >= 15 is 0 Å². The van der Waals surface area contributed by atoms with Gasteiger partial charge in [-0.25, -0.2) is 4.90 Å². The van der Waals surface area contributed by atoms with Gasteiger partial charge in [0.2, 0.25) is 11.8 Å². The Bertz CT molecular complexity index is 1470. The lowest BCUT2D eigenvalue weighted by Gasteiger charge is -2.38. The van der Waals surface area contributed by atoms with Crippen molar-refractivity contribution >= 4 is 23.6 Å². The topological polar surface area (TPSA) is 111 Å². The largest absolute Gasteiger partial charge is 0.459 e. The molecule has 13 heteroatoms. The van der Waals surface area contributed by atoms with Crippen molar-refractivity contribution in [2.75, 3.05) is 11.5 Å². The van der Waals surface area contributed by atoms with Crippen LogP contribution in [0.3, 0.4) is 0 Å². The molecule has 0 bridgehead atoms. The molecule has 2 heterocycles. The zero-order chi connectivity index (χ0) is 34.1. The molecule has 7 nitrogen and oxygen atoms in total. The molecule has 1 aromatic heterocycles. The van der Waals surface area contributed by atoms with Crippen molar-refractivity contribution in [3.8, 4) is 0 Å². The molecule has 1 fully saturated rings. The van der Waals surface area contributed by atoms with Crippen LogP contribution in [-0.2, 0) is 28.5 Å². The standard InChI is InChI=1S/C33H37F6NO6/c1-4-5-18(10-22-7-8-23(15-41)46-22)6-9-27(43)28-24(17(2)3)14-25-29(26(28)16-42)31(45)40(30(25)44)21-12-19(32(34,35)36)11-20(13-21)33(37,38)39/h7-8,10-13,17,25-27,29,41-43H,4-6,9,14-16H2,1-3H3/b18-10+/t25-,26+,27-,29-/m1/s1. The first-order valence-electron chi connectivity index (χ1n) is 15.1. The highest BCUT2D eigenvalue weighted by Crippen LogP contribution is 2.50. The molecule has 252 valence electrons. The van der Waals surface area contributed by atoms with Crippen LogP contribution in [0.4, 0.5) is 32.0 Å². The Kier molecular flexibility index (Phi) is 10.6. The van der Waals surface area contributed by atoms with Crippen LogP contribution >= 0.6 is 0 Å². The zero-order valence-electron chi connectivity index (χ0n) is 25.6. The number of benzene rings is 1. The quantitative estimate of drug-likeness (QED) is 0.138. The Morgan fingerprint density at radius 1 is 1.00 bits per heavy atom. The van der Waals surface area contributed by atoms with E-state index in [1.54, 1.807) is 26.0 Å². The Balaban J connectivity index is 1.68. The highest BCUT2D eigenvalue weighted by molar-refractivity contribution is 6.22. The third-order valence-electron chi connectivity index (χ3n) is 8.70. The number of furan rings is 1. The lowest BCUT2D eigenvalue weighted by molar-refractivity contribution is -0.143. The van der Waals surface area contributed by atoms with Gasteiger partial charge in [-0.2, -0.15) is 26.3 Å². The average molecular weight is 658 g/mol. The number of hydrogen-bond donors (Lipinski definition) is 3. The van der Waals surface area contributed by atoms with Crippen LogP contribution in [-0.4, -0.2) is 39.8 Å². The maximum absolute atomic E-state index is 13.8. The van der Waals surface area contributed by atoms with E-state index in [4.69, 9.17) is 4.42 Å². The highest BCUT2D eigenvalue weighted by atomic mass is 19.4. The molecule has 0 saturated carbocycles. The number of nitrogens with zero attached hydrogens (tertiary/aromatic N) is 1. The summed E-state index contributed by atoms with van der Waals surface area (Å²) in [5.74, 6) is -4.85. The first-order chi connectivity index (χ1) is 21.5. The van der Waals surface area contributed by atoms with Gasteiger partial charge in [0.15, 0.2) is 0 Å². The van der Waals surface area contributed by atoms with Gasteiger partial charge in [-0.1, -0.05) is 38.3 Å². The molecular formula is C33H37F6NO6. The number of carbonyl (C=O) groups is 2. The van der Waals surface area contributed by atoms with Crippen molar-refractivity contribution in [1.82, 2.24) is 0 Å². The van der Waals surface area contributed by atoms with Gasteiger partial charge < -0.3 is 19.7 Å². The second kappa shape index (κ2) is 13.7. The molecule has 4 atom stereocenters. The molecular weight excluding hydrogens is 620 g/mol. The molecule has 3 N–H and O–H groups in total. The van der Waals surface area contributed by atoms with Crippen molar-refractivity contribution in [3.63, 3.8) is 0 Å². The highest BCUT2D eigenvalue weighted by Gasteiger charge is 2.56. The molecule has 1 aromatic carbocycles. The molecule has 1 saturated heterocycles. The second-order valence-electron chi connectivity index (χ2n) is 12.1. The summed E-state index contributed by atoms with van der Waals surface area (Å²) >= 11 is 0. The summed E-state index contributed by atoms with van der Waals surface area (Å²) in [7, 11) is 0. The summed E-state index contributed by atoms with van der Waals surface area (Å²) in [6.07, 6.45) is -7.74. The summed E-state index contributed by atoms with van der Waals surface area (Å²) in [5.41, 5.74) is -2.28. The number of halogens is 6. The van der Waals surface area contributed by atoms with E-state index in [0.29, 0.717) is 52.5 Å². The number of imide groups is 1. The minimum Gasteiger partial charge on any atom is -0.459 e. The van der Waals surface area contributed by atoms with Gasteiger partial charge >= 0.3 is 12.4 Å². The monoisotopic (exact) mass is 657 g/mol. The summed E-state index contributed by atoms with van der Waals surface area (Å²) in [6, 6.07) is 3.95. The smallest absolute Gasteiger partial charge is 0.416 e. The van der Waals surface area contributed by atoms with E-state index in [2.05, 4.69) is 0 Å². The Hall–Kier alpha value is -3.42. The second-order valence-corrected chi connectivity index (χ2v) is 12.1. The maximum Gasteiger partial charge on any atom is 0.416 e. The summed E-state index contributed by atoms with van der Waals surface area (Å²) in [5, 5.41) is 31.3. The van der Waals surface area contributed by atoms with Crippen LogP contribution in [0, 0.1) is 23.7 Å². The molecule has 2 amide bonds. The Morgan fingerprint density at radius 2 is 1.63 bits per heavy atom. The third kappa shape index (κ3) is 7.26. The van der Waals surface area contributed by atoms with Crippen molar-refractivity contribution in [3.05, 3.63) is 69.7 Å². The summed E-state index contributed by atoms with van der Waals surface area (Å²) in [6.45, 7) is 4.64. The Morgan fingerprint density at radius 3 is 2.13 bits per heavy atom. The van der Waals surface area contributed by atoms with Crippen molar-refractivity contribution in [1.29, 1.82) is 0 Å². The van der Waals surface area contributed by atoms with E-state index in [-0.39, 0.29) is 31.4 Å². The number of alkyl halides is 6. The molecule has 0 radical (unpaired) electrons. The van der Waals surface area contributed by atoms with Crippen LogP contribution in [0.2, 0.25) is 0 Å². The van der Waals surface area contributed by atoms with Gasteiger partial charge in [0.25, 0.3) is 0 Å². The van der Waals surface area contributed by atoms with Gasteiger partial charge in [-0.05, 0) is 73.6 Å². The summed E-state index contributed by atoms with van der Waals surface area (Å²) in [4.78, 5) is 27.7. The van der Waals surface area contributed by atoms with E-state index in [9.17, 15) is 51.3 Å². The molecule has 2 aromatic rings. The summed E-state index contributed by atoms with van der Waals surface area (Å²) < 4.78 is 87.1. The molecule has 1 aliphatic carbocycles. The van der Waals surface area contributed by atoms with Gasteiger partial charge in [0.1, 0.15) is 18.1 Å². The fourth-order valence-electron chi connectivity index (χ4n) is 6.59. The number of anilines is 1. The predicted molar refractivity (Wildman–Crippen MR) is 156 cm³/mol. The van der Waals surface area contributed by atoms with Crippen LogP contribution in [0.15, 0.2) is 51.5 Å². The fraction of sp³-hybridized carbons (Fsp3) is 0.515. The number of aliphatic hydroxyl groups is 3. The molecule has 4 rings (SSSR count).